The highest BCUT2D eigenvalue weighted by Crippen LogP contribution is 2.18. The fourth-order valence-corrected chi connectivity index (χ4v) is 1.21. The lowest BCUT2D eigenvalue weighted by molar-refractivity contribution is 1.36. The molecule has 0 aliphatic carbocycles. The largest absolute Gasteiger partial charge is 0.362 e. The number of aryl methyl sites for hydroxylation is 2. The lowest BCUT2D eigenvalue weighted by Crippen LogP contribution is -1.93. The molecule has 0 atom stereocenters. The van der Waals surface area contributed by atoms with E-state index in [4.69, 9.17) is 0 Å². The Morgan fingerprint density at radius 1 is 1.07 bits per heavy atom. The summed E-state index contributed by atoms with van der Waals surface area (Å²) in [6.45, 7) is 10.2. The zero-order valence-electron chi connectivity index (χ0n) is 9.89. The molecule has 0 aliphatic heterocycles. The van der Waals surface area contributed by atoms with Crippen LogP contribution in [0.5, 0.6) is 0 Å². The van der Waals surface area contributed by atoms with Crippen LogP contribution in [0.4, 0.5) is 5.69 Å². The van der Waals surface area contributed by atoms with Crippen LogP contribution in [0.2, 0.25) is 0 Å². The van der Waals surface area contributed by atoms with Gasteiger partial charge in [-0.25, -0.2) is 0 Å². The molecule has 1 aromatic carbocycles. The average Bonchev–Trinajstić information content (AvgIpc) is 2.20. The first-order valence-electron chi connectivity index (χ1n) is 5.19. The van der Waals surface area contributed by atoms with Gasteiger partial charge in [-0.3, -0.25) is 0 Å². The first kappa shape index (κ1) is 12.8. The molecule has 1 rings (SSSR count). The van der Waals surface area contributed by atoms with Gasteiger partial charge in [0.05, 0.1) is 0 Å². The quantitative estimate of drug-likeness (QED) is 0.736. The van der Waals surface area contributed by atoms with Crippen molar-refractivity contribution >= 4 is 5.69 Å². The Balaban J connectivity index is 0.000000791. The Kier molecular flexibility index (Phi) is 6.55. The van der Waals surface area contributed by atoms with Crippen LogP contribution in [-0.2, 0) is 0 Å². The summed E-state index contributed by atoms with van der Waals surface area (Å²) < 4.78 is 0. The standard InChI is InChI=1S/C11H15N.C2H6/c1-4-8-12-11-9(2)6-5-7-10(11)3;1-2/h4-8,12H,1-3H3;1-2H3/b8-4+;. The molecule has 0 heterocycles. The second kappa shape index (κ2) is 7.19. The summed E-state index contributed by atoms with van der Waals surface area (Å²) in [7, 11) is 0. The highest BCUT2D eigenvalue weighted by atomic mass is 14.8. The highest BCUT2D eigenvalue weighted by molar-refractivity contribution is 5.58. The number of para-hydroxylation sites is 1. The van der Waals surface area contributed by atoms with E-state index in [1.807, 2.05) is 33.0 Å². The molecular weight excluding hydrogens is 170 g/mol. The number of hydrogen-bond donors (Lipinski definition) is 1. The van der Waals surface area contributed by atoms with Gasteiger partial charge in [0.2, 0.25) is 0 Å². The van der Waals surface area contributed by atoms with Gasteiger partial charge in [0.25, 0.3) is 0 Å². The van der Waals surface area contributed by atoms with E-state index in [1.54, 1.807) is 0 Å². The molecule has 0 aromatic heterocycles. The number of rotatable bonds is 2. The monoisotopic (exact) mass is 191 g/mol. The van der Waals surface area contributed by atoms with Crippen molar-refractivity contribution in [3.05, 3.63) is 41.6 Å². The van der Waals surface area contributed by atoms with Crippen LogP contribution < -0.4 is 5.32 Å². The predicted octanol–water partition coefficient (Wildman–Crippen LogP) is 4.28. The zero-order valence-corrected chi connectivity index (χ0v) is 9.89. The van der Waals surface area contributed by atoms with Crippen LogP contribution in [0.1, 0.15) is 31.9 Å². The lowest BCUT2D eigenvalue weighted by Gasteiger charge is -2.08. The van der Waals surface area contributed by atoms with Crippen LogP contribution in [-0.4, -0.2) is 0 Å². The molecule has 78 valence electrons. The Bertz CT molecular complexity index is 267. The molecule has 1 N–H and O–H groups in total. The van der Waals surface area contributed by atoms with Crippen molar-refractivity contribution in [3.8, 4) is 0 Å². The van der Waals surface area contributed by atoms with Crippen LogP contribution in [0, 0.1) is 13.8 Å². The topological polar surface area (TPSA) is 12.0 Å². The molecule has 0 saturated heterocycles. The summed E-state index contributed by atoms with van der Waals surface area (Å²) in [4.78, 5) is 0. The Labute approximate surface area is 87.9 Å². The zero-order chi connectivity index (χ0) is 11.0. The fraction of sp³-hybridized carbons (Fsp3) is 0.385. The summed E-state index contributed by atoms with van der Waals surface area (Å²) in [6, 6.07) is 6.29. The smallest absolute Gasteiger partial charge is 0.0439 e. The van der Waals surface area contributed by atoms with E-state index in [0.29, 0.717) is 0 Å². The average molecular weight is 191 g/mol. The molecule has 0 radical (unpaired) electrons. The van der Waals surface area contributed by atoms with Crippen molar-refractivity contribution in [1.29, 1.82) is 0 Å². The second-order valence-corrected chi connectivity index (χ2v) is 2.91. The van der Waals surface area contributed by atoms with Gasteiger partial charge in [-0.05, 0) is 38.1 Å². The number of benzene rings is 1. The summed E-state index contributed by atoms with van der Waals surface area (Å²) in [5.41, 5.74) is 3.79. The SMILES string of the molecule is C/C=C/Nc1c(C)cccc1C.CC. The number of nitrogens with one attached hydrogen (secondary N) is 1. The highest BCUT2D eigenvalue weighted by Gasteiger charge is 1.97. The van der Waals surface area contributed by atoms with Crippen LogP contribution >= 0.6 is 0 Å². The molecule has 0 amide bonds. The Morgan fingerprint density at radius 2 is 1.57 bits per heavy atom. The summed E-state index contributed by atoms with van der Waals surface area (Å²) in [5, 5.41) is 3.25. The third-order valence-corrected chi connectivity index (χ3v) is 1.88. The molecule has 1 aromatic rings. The van der Waals surface area contributed by atoms with E-state index >= 15 is 0 Å². The van der Waals surface area contributed by atoms with Gasteiger partial charge in [0, 0.05) is 5.69 Å². The first-order chi connectivity index (χ1) is 6.75. The lowest BCUT2D eigenvalue weighted by atomic mass is 10.1. The molecule has 1 nitrogen and oxygen atoms in total. The Hall–Kier alpha value is -1.24. The van der Waals surface area contributed by atoms with Gasteiger partial charge < -0.3 is 5.32 Å². The summed E-state index contributed by atoms with van der Waals surface area (Å²) in [6.07, 6.45) is 3.95. The van der Waals surface area contributed by atoms with E-state index in [9.17, 15) is 0 Å². The van der Waals surface area contributed by atoms with E-state index in [-0.39, 0.29) is 0 Å². The Morgan fingerprint density at radius 3 is 2.00 bits per heavy atom. The van der Waals surface area contributed by atoms with Crippen molar-refractivity contribution < 1.29 is 0 Å². The van der Waals surface area contributed by atoms with Gasteiger partial charge in [-0.15, -0.1) is 0 Å². The van der Waals surface area contributed by atoms with Crippen LogP contribution in [0.3, 0.4) is 0 Å². The minimum absolute atomic E-state index is 1.22. The maximum Gasteiger partial charge on any atom is 0.0439 e. The van der Waals surface area contributed by atoms with Gasteiger partial charge >= 0.3 is 0 Å². The third-order valence-electron chi connectivity index (χ3n) is 1.88. The molecule has 14 heavy (non-hydrogen) atoms. The maximum atomic E-state index is 3.25. The van der Waals surface area contributed by atoms with Gasteiger partial charge in [0.15, 0.2) is 0 Å². The molecule has 0 unspecified atom stereocenters. The molecule has 0 bridgehead atoms. The number of allylic oxidation sites excluding steroid dienone is 1. The van der Waals surface area contributed by atoms with Gasteiger partial charge in [-0.2, -0.15) is 0 Å². The van der Waals surface area contributed by atoms with Gasteiger partial charge in [-0.1, -0.05) is 38.1 Å². The number of hydrogen-bond acceptors (Lipinski definition) is 1. The molecule has 1 heteroatoms. The van der Waals surface area contributed by atoms with Crippen LogP contribution in [0.15, 0.2) is 30.5 Å². The van der Waals surface area contributed by atoms with Gasteiger partial charge in [0.1, 0.15) is 0 Å². The van der Waals surface area contributed by atoms with Crippen molar-refractivity contribution in [1.82, 2.24) is 0 Å². The molecular formula is C13H21N. The normalized spacial score (nSPS) is 9.50. The van der Waals surface area contributed by atoms with E-state index in [2.05, 4.69) is 37.4 Å². The summed E-state index contributed by atoms with van der Waals surface area (Å²) >= 11 is 0. The molecule has 0 fully saturated rings. The number of anilines is 1. The fourth-order valence-electron chi connectivity index (χ4n) is 1.21. The molecule has 0 aliphatic rings. The predicted molar refractivity (Wildman–Crippen MR) is 65.7 cm³/mol. The van der Waals surface area contributed by atoms with Crippen molar-refractivity contribution in [2.75, 3.05) is 5.32 Å². The van der Waals surface area contributed by atoms with Crippen molar-refractivity contribution in [2.24, 2.45) is 0 Å². The van der Waals surface area contributed by atoms with E-state index in [1.165, 1.54) is 16.8 Å². The van der Waals surface area contributed by atoms with E-state index < -0.39 is 0 Å². The summed E-state index contributed by atoms with van der Waals surface area (Å²) in [5.74, 6) is 0. The third kappa shape index (κ3) is 3.65. The molecule has 0 saturated carbocycles. The first-order valence-corrected chi connectivity index (χ1v) is 5.19. The minimum Gasteiger partial charge on any atom is -0.362 e. The van der Waals surface area contributed by atoms with E-state index in [0.717, 1.165) is 0 Å². The maximum absolute atomic E-state index is 3.25. The minimum atomic E-state index is 1.22. The molecule has 0 spiro atoms. The second-order valence-electron chi connectivity index (χ2n) is 2.91. The van der Waals surface area contributed by atoms with Crippen molar-refractivity contribution in [2.45, 2.75) is 34.6 Å². The van der Waals surface area contributed by atoms with Crippen LogP contribution in [0.25, 0.3) is 0 Å². The van der Waals surface area contributed by atoms with Crippen molar-refractivity contribution in [3.63, 3.8) is 0 Å².